The summed E-state index contributed by atoms with van der Waals surface area (Å²) >= 11 is 0. The molecule has 2 saturated heterocycles. The van der Waals surface area contributed by atoms with Crippen LogP contribution in [-0.2, 0) is 11.2 Å². The van der Waals surface area contributed by atoms with Crippen LogP contribution >= 0.6 is 24.0 Å². The first-order valence-electron chi connectivity index (χ1n) is 11.1. The van der Waals surface area contributed by atoms with Crippen molar-refractivity contribution in [3.8, 4) is 0 Å². The third-order valence-electron chi connectivity index (χ3n) is 6.17. The van der Waals surface area contributed by atoms with Gasteiger partial charge in [-0.15, -0.1) is 24.0 Å². The molecule has 1 aromatic carbocycles. The standard InChI is InChI=1S/C23H38N4O.HI/c1-3-24-22(26-20(2)11-12-21-9-5-4-6-10-21)25-19-23(13-17-28-18-14-23)27-15-7-8-16-27;/h4-6,9-10,20H,3,7-8,11-19H2,1-2H3,(H2,24,25,26);1H. The van der Waals surface area contributed by atoms with Crippen LogP contribution in [0.1, 0.15) is 51.5 Å². The molecule has 1 atom stereocenters. The van der Waals surface area contributed by atoms with Gasteiger partial charge in [0.05, 0.1) is 6.54 Å². The Morgan fingerprint density at radius 3 is 2.52 bits per heavy atom. The molecular formula is C23H39IN4O. The van der Waals surface area contributed by atoms with Crippen molar-refractivity contribution in [2.24, 2.45) is 4.99 Å². The Morgan fingerprint density at radius 2 is 1.86 bits per heavy atom. The van der Waals surface area contributed by atoms with Crippen LogP contribution in [0.4, 0.5) is 0 Å². The quantitative estimate of drug-likeness (QED) is 0.315. The summed E-state index contributed by atoms with van der Waals surface area (Å²) < 4.78 is 5.67. The van der Waals surface area contributed by atoms with Crippen LogP contribution in [0.5, 0.6) is 0 Å². The van der Waals surface area contributed by atoms with Gasteiger partial charge in [0.15, 0.2) is 5.96 Å². The molecule has 29 heavy (non-hydrogen) atoms. The van der Waals surface area contributed by atoms with Crippen LogP contribution in [0.15, 0.2) is 35.3 Å². The summed E-state index contributed by atoms with van der Waals surface area (Å²) in [4.78, 5) is 7.73. The van der Waals surface area contributed by atoms with E-state index in [0.29, 0.717) is 6.04 Å². The zero-order valence-electron chi connectivity index (χ0n) is 18.2. The maximum absolute atomic E-state index is 5.67. The molecule has 3 rings (SSSR count). The third kappa shape index (κ3) is 7.40. The van der Waals surface area contributed by atoms with Gasteiger partial charge >= 0.3 is 0 Å². The first-order valence-corrected chi connectivity index (χ1v) is 11.1. The number of guanidine groups is 1. The summed E-state index contributed by atoms with van der Waals surface area (Å²) in [7, 11) is 0. The SMILES string of the molecule is CCNC(=NCC1(N2CCCC2)CCOCC1)NC(C)CCc1ccccc1.I. The van der Waals surface area contributed by atoms with E-state index in [1.807, 2.05) is 0 Å². The number of aryl methyl sites for hydroxylation is 1. The van der Waals surface area contributed by atoms with Crippen LogP contribution < -0.4 is 10.6 Å². The van der Waals surface area contributed by atoms with Crippen molar-refractivity contribution in [2.45, 2.75) is 64.0 Å². The topological polar surface area (TPSA) is 48.9 Å². The van der Waals surface area contributed by atoms with Gasteiger partial charge in [-0.2, -0.15) is 0 Å². The number of aliphatic imine (C=N–C) groups is 1. The summed E-state index contributed by atoms with van der Waals surface area (Å²) in [6, 6.07) is 11.1. The molecule has 2 fully saturated rings. The largest absolute Gasteiger partial charge is 0.381 e. The molecule has 0 radical (unpaired) electrons. The molecule has 0 aliphatic carbocycles. The predicted molar refractivity (Wildman–Crippen MR) is 132 cm³/mol. The number of hydrogen-bond donors (Lipinski definition) is 2. The van der Waals surface area contributed by atoms with Crippen molar-refractivity contribution in [1.82, 2.24) is 15.5 Å². The van der Waals surface area contributed by atoms with Crippen molar-refractivity contribution in [3.63, 3.8) is 0 Å². The lowest BCUT2D eigenvalue weighted by Crippen LogP contribution is -2.54. The minimum Gasteiger partial charge on any atom is -0.381 e. The van der Waals surface area contributed by atoms with Gasteiger partial charge in [0.25, 0.3) is 0 Å². The van der Waals surface area contributed by atoms with Gasteiger partial charge in [-0.3, -0.25) is 9.89 Å². The Bertz CT molecular complexity index is 598. The van der Waals surface area contributed by atoms with Crippen molar-refractivity contribution < 1.29 is 4.74 Å². The first-order chi connectivity index (χ1) is 13.7. The summed E-state index contributed by atoms with van der Waals surface area (Å²) in [5.41, 5.74) is 1.58. The highest BCUT2D eigenvalue weighted by atomic mass is 127. The number of nitrogens with zero attached hydrogens (tertiary/aromatic N) is 2. The van der Waals surface area contributed by atoms with Gasteiger partial charge in [-0.25, -0.2) is 0 Å². The van der Waals surface area contributed by atoms with E-state index in [2.05, 4.69) is 59.7 Å². The number of rotatable bonds is 8. The molecule has 2 aliphatic heterocycles. The van der Waals surface area contributed by atoms with Crippen molar-refractivity contribution >= 4 is 29.9 Å². The van der Waals surface area contributed by atoms with E-state index in [9.17, 15) is 0 Å². The van der Waals surface area contributed by atoms with E-state index < -0.39 is 0 Å². The highest BCUT2D eigenvalue weighted by Crippen LogP contribution is 2.31. The molecule has 164 valence electrons. The van der Waals surface area contributed by atoms with Crippen LogP contribution in [-0.4, -0.2) is 61.8 Å². The molecule has 5 nitrogen and oxygen atoms in total. The van der Waals surface area contributed by atoms with E-state index in [-0.39, 0.29) is 29.5 Å². The fourth-order valence-electron chi connectivity index (χ4n) is 4.40. The summed E-state index contributed by atoms with van der Waals surface area (Å²) in [6.07, 6.45) is 7.02. The molecule has 6 heteroatoms. The van der Waals surface area contributed by atoms with Gasteiger partial charge in [0.2, 0.25) is 0 Å². The molecule has 1 aromatic rings. The van der Waals surface area contributed by atoms with Gasteiger partial charge < -0.3 is 15.4 Å². The Balaban J connectivity index is 0.00000300. The van der Waals surface area contributed by atoms with Gasteiger partial charge in [0.1, 0.15) is 0 Å². The zero-order valence-corrected chi connectivity index (χ0v) is 20.5. The third-order valence-corrected chi connectivity index (χ3v) is 6.17. The first kappa shape index (κ1) is 24.4. The Hall–Kier alpha value is -0.860. The molecule has 0 aromatic heterocycles. The monoisotopic (exact) mass is 514 g/mol. The van der Waals surface area contributed by atoms with Gasteiger partial charge in [-0.1, -0.05) is 30.3 Å². The number of nitrogens with one attached hydrogen (secondary N) is 2. The Morgan fingerprint density at radius 1 is 1.17 bits per heavy atom. The van der Waals surface area contributed by atoms with Crippen LogP contribution in [0.2, 0.25) is 0 Å². The molecule has 2 heterocycles. The highest BCUT2D eigenvalue weighted by Gasteiger charge is 2.39. The predicted octanol–water partition coefficient (Wildman–Crippen LogP) is 3.83. The molecule has 0 spiro atoms. The van der Waals surface area contributed by atoms with Crippen molar-refractivity contribution in [2.75, 3.05) is 39.4 Å². The fraction of sp³-hybridized carbons (Fsp3) is 0.696. The van der Waals surface area contributed by atoms with E-state index in [0.717, 1.165) is 57.9 Å². The lowest BCUT2D eigenvalue weighted by molar-refractivity contribution is -0.0139. The second-order valence-corrected chi connectivity index (χ2v) is 8.30. The molecule has 0 amide bonds. The van der Waals surface area contributed by atoms with Crippen LogP contribution in [0.3, 0.4) is 0 Å². The van der Waals surface area contributed by atoms with Crippen molar-refractivity contribution in [1.29, 1.82) is 0 Å². The summed E-state index contributed by atoms with van der Waals surface area (Å²) in [6.45, 7) is 10.3. The van der Waals surface area contributed by atoms with Gasteiger partial charge in [-0.05, 0) is 71.0 Å². The van der Waals surface area contributed by atoms with E-state index in [4.69, 9.17) is 9.73 Å². The maximum atomic E-state index is 5.67. The summed E-state index contributed by atoms with van der Waals surface area (Å²) in [5.74, 6) is 0.952. The van der Waals surface area contributed by atoms with E-state index >= 15 is 0 Å². The summed E-state index contributed by atoms with van der Waals surface area (Å²) in [5, 5.41) is 7.07. The maximum Gasteiger partial charge on any atom is 0.191 e. The van der Waals surface area contributed by atoms with E-state index in [1.165, 1.54) is 31.5 Å². The van der Waals surface area contributed by atoms with Crippen LogP contribution in [0.25, 0.3) is 0 Å². The number of benzene rings is 1. The Labute approximate surface area is 194 Å². The normalized spacial score (nSPS) is 20.7. The van der Waals surface area contributed by atoms with Gasteiger partial charge in [0, 0.05) is 31.3 Å². The molecule has 2 aliphatic rings. The van der Waals surface area contributed by atoms with Crippen molar-refractivity contribution in [3.05, 3.63) is 35.9 Å². The number of ether oxygens (including phenoxy) is 1. The zero-order chi connectivity index (χ0) is 19.7. The average Bonchev–Trinajstić information content (AvgIpc) is 3.28. The average molecular weight is 514 g/mol. The second-order valence-electron chi connectivity index (χ2n) is 8.30. The Kier molecular flexibility index (Phi) is 10.7. The molecule has 0 bridgehead atoms. The molecule has 0 saturated carbocycles. The lowest BCUT2D eigenvalue weighted by atomic mass is 9.88. The molecule has 2 N–H and O–H groups in total. The fourth-order valence-corrected chi connectivity index (χ4v) is 4.40. The molecule has 1 unspecified atom stereocenters. The van der Waals surface area contributed by atoms with E-state index in [1.54, 1.807) is 0 Å². The highest BCUT2D eigenvalue weighted by molar-refractivity contribution is 14.0. The minimum absolute atomic E-state index is 0. The number of halogens is 1. The number of likely N-dealkylation sites (tertiary alicyclic amines) is 1. The number of hydrogen-bond acceptors (Lipinski definition) is 3. The minimum atomic E-state index is 0. The van der Waals surface area contributed by atoms with Crippen LogP contribution in [0, 0.1) is 0 Å². The lowest BCUT2D eigenvalue weighted by Gasteiger charge is -2.43. The smallest absolute Gasteiger partial charge is 0.191 e. The molecular weight excluding hydrogens is 475 g/mol. The second kappa shape index (κ2) is 12.7.